The second-order valence-corrected chi connectivity index (χ2v) is 4.13. The molecule has 0 aromatic heterocycles. The highest BCUT2D eigenvalue weighted by molar-refractivity contribution is 7.97. The molecule has 0 amide bonds. The second-order valence-electron chi connectivity index (χ2n) is 3.72. The molecule has 88 valence electrons. The number of nitriles is 1. The summed E-state index contributed by atoms with van der Waals surface area (Å²) in [6.45, 7) is 0. The Kier molecular flexibility index (Phi) is 3.35. The van der Waals surface area contributed by atoms with Gasteiger partial charge in [0.2, 0.25) is 5.12 Å². The molecule has 0 saturated heterocycles. The third-order valence-electron chi connectivity index (χ3n) is 2.56. The molecule has 0 fully saturated rings. The number of thiol groups is 1. The summed E-state index contributed by atoms with van der Waals surface area (Å²) in [5.74, 6) is 0.0766. The zero-order chi connectivity index (χ0) is 13.1. The molecule has 0 unspecified atom stereocenters. The van der Waals surface area contributed by atoms with E-state index < -0.39 is 0 Å². The molecule has 1 N–H and O–H groups in total. The minimum absolute atomic E-state index is 0.0766. The number of hydrogen-bond donors (Lipinski definition) is 2. The van der Waals surface area contributed by atoms with Crippen LogP contribution in [0.2, 0.25) is 0 Å². The molecule has 0 spiro atoms. The molecule has 3 nitrogen and oxygen atoms in total. The van der Waals surface area contributed by atoms with Crippen molar-refractivity contribution < 1.29 is 9.90 Å². The number of rotatable bonds is 2. The van der Waals surface area contributed by atoms with Gasteiger partial charge in [-0.15, -0.1) is 12.6 Å². The first-order chi connectivity index (χ1) is 8.61. The summed E-state index contributed by atoms with van der Waals surface area (Å²) in [5, 5.41) is 17.9. The van der Waals surface area contributed by atoms with Gasteiger partial charge in [-0.25, -0.2) is 0 Å². The Labute approximate surface area is 110 Å². The summed E-state index contributed by atoms with van der Waals surface area (Å²) in [4.78, 5) is 11.4. The number of nitrogens with zero attached hydrogens (tertiary/aromatic N) is 1. The fourth-order valence-corrected chi connectivity index (χ4v) is 1.88. The molecule has 0 atom stereocenters. The van der Waals surface area contributed by atoms with Crippen LogP contribution in [-0.4, -0.2) is 10.2 Å². The van der Waals surface area contributed by atoms with Crippen LogP contribution in [0.5, 0.6) is 5.75 Å². The van der Waals surface area contributed by atoms with Gasteiger partial charge in [0, 0.05) is 5.56 Å². The van der Waals surface area contributed by atoms with Crippen molar-refractivity contribution >= 4 is 17.7 Å². The maximum absolute atomic E-state index is 11.4. The van der Waals surface area contributed by atoms with Gasteiger partial charge in [-0.05, 0) is 41.5 Å². The van der Waals surface area contributed by atoms with Crippen LogP contribution in [0, 0.1) is 11.3 Å². The van der Waals surface area contributed by atoms with Gasteiger partial charge in [-0.2, -0.15) is 5.26 Å². The lowest BCUT2D eigenvalue weighted by Gasteiger charge is -2.07. The van der Waals surface area contributed by atoms with Crippen LogP contribution in [0.1, 0.15) is 15.9 Å². The highest BCUT2D eigenvalue weighted by Gasteiger charge is 2.10. The van der Waals surface area contributed by atoms with Gasteiger partial charge in [-0.1, -0.05) is 12.1 Å². The minimum atomic E-state index is -0.366. The fraction of sp³-hybridized carbons (Fsp3) is 0. The number of carbonyl (C=O) groups excluding carboxylic acids is 1. The van der Waals surface area contributed by atoms with Gasteiger partial charge in [0.25, 0.3) is 0 Å². The molecule has 2 aromatic rings. The van der Waals surface area contributed by atoms with Crippen molar-refractivity contribution in [3.63, 3.8) is 0 Å². The van der Waals surface area contributed by atoms with E-state index in [0.29, 0.717) is 16.7 Å². The average Bonchev–Trinajstić information content (AvgIpc) is 2.38. The summed E-state index contributed by atoms with van der Waals surface area (Å²) < 4.78 is 0. The Morgan fingerprint density at radius 3 is 2.39 bits per heavy atom. The molecule has 0 heterocycles. The highest BCUT2D eigenvalue weighted by atomic mass is 32.1. The number of phenols is 1. The van der Waals surface area contributed by atoms with Crippen molar-refractivity contribution in [1.82, 2.24) is 0 Å². The van der Waals surface area contributed by atoms with Crippen LogP contribution in [0.4, 0.5) is 0 Å². The molecule has 2 aromatic carbocycles. The molecule has 0 aliphatic carbocycles. The van der Waals surface area contributed by atoms with E-state index in [-0.39, 0.29) is 10.9 Å². The third kappa shape index (κ3) is 2.36. The lowest BCUT2D eigenvalue weighted by atomic mass is 9.99. The summed E-state index contributed by atoms with van der Waals surface area (Å²) >= 11 is 3.81. The van der Waals surface area contributed by atoms with Gasteiger partial charge in [0.15, 0.2) is 0 Å². The second kappa shape index (κ2) is 4.94. The first kappa shape index (κ1) is 12.2. The van der Waals surface area contributed by atoms with E-state index in [1.807, 2.05) is 6.07 Å². The maximum atomic E-state index is 11.4. The van der Waals surface area contributed by atoms with Gasteiger partial charge in [-0.3, -0.25) is 4.79 Å². The fourth-order valence-electron chi connectivity index (χ4n) is 1.68. The molecule has 0 aliphatic rings. The topological polar surface area (TPSA) is 61.1 Å². The van der Waals surface area contributed by atoms with E-state index in [1.54, 1.807) is 24.3 Å². The van der Waals surface area contributed by atoms with Gasteiger partial charge in [0.05, 0.1) is 11.6 Å². The molecule has 0 radical (unpaired) electrons. The lowest BCUT2D eigenvalue weighted by molar-refractivity contribution is 0.109. The number of phenolic OH excluding ortho intramolecular Hbond substituents is 1. The zero-order valence-electron chi connectivity index (χ0n) is 9.29. The minimum Gasteiger partial charge on any atom is -0.508 e. The standard InChI is InChI=1S/C14H9NO2S/c15-8-9-1-3-10(4-2-9)13-7-11(16)5-6-12(13)14(17)18/h1-7,16H,(H,17,18). The van der Waals surface area contributed by atoms with Crippen molar-refractivity contribution in [2.45, 2.75) is 0 Å². The van der Waals surface area contributed by atoms with Crippen LogP contribution >= 0.6 is 12.6 Å². The third-order valence-corrected chi connectivity index (χ3v) is 2.80. The number of hydrogen-bond acceptors (Lipinski definition) is 3. The summed E-state index contributed by atoms with van der Waals surface area (Å²) in [5.41, 5.74) is 2.31. The van der Waals surface area contributed by atoms with E-state index in [9.17, 15) is 9.90 Å². The van der Waals surface area contributed by atoms with E-state index in [4.69, 9.17) is 5.26 Å². The Bertz CT molecular complexity index is 642. The van der Waals surface area contributed by atoms with E-state index in [0.717, 1.165) is 5.56 Å². The number of benzene rings is 2. The SMILES string of the molecule is N#Cc1ccc(-c2cc(O)ccc2C(=O)S)cc1. The molecule has 2 rings (SSSR count). The highest BCUT2D eigenvalue weighted by Crippen LogP contribution is 2.28. The molecule has 0 bridgehead atoms. The molecule has 0 saturated carbocycles. The molecule has 4 heteroatoms. The molecular formula is C14H9NO2S. The quantitative estimate of drug-likeness (QED) is 0.811. The molecule has 18 heavy (non-hydrogen) atoms. The van der Waals surface area contributed by atoms with E-state index >= 15 is 0 Å². The first-order valence-electron chi connectivity index (χ1n) is 5.18. The predicted molar refractivity (Wildman–Crippen MR) is 71.6 cm³/mol. The average molecular weight is 255 g/mol. The van der Waals surface area contributed by atoms with Crippen molar-refractivity contribution in [3.8, 4) is 22.9 Å². The predicted octanol–water partition coefficient (Wildman–Crippen LogP) is 3.00. The lowest BCUT2D eigenvalue weighted by Crippen LogP contribution is -1.93. The summed E-state index contributed by atoms with van der Waals surface area (Å²) in [6, 6.07) is 13.3. The smallest absolute Gasteiger partial charge is 0.216 e. The van der Waals surface area contributed by atoms with E-state index in [2.05, 4.69) is 12.6 Å². The normalized spacial score (nSPS) is 9.78. The Hall–Kier alpha value is -2.25. The van der Waals surface area contributed by atoms with Crippen molar-refractivity contribution in [1.29, 1.82) is 5.26 Å². The van der Waals surface area contributed by atoms with Gasteiger partial charge in [0.1, 0.15) is 5.75 Å². The van der Waals surface area contributed by atoms with E-state index in [1.165, 1.54) is 18.2 Å². The Balaban J connectivity index is 2.58. The zero-order valence-corrected chi connectivity index (χ0v) is 10.2. The van der Waals surface area contributed by atoms with Gasteiger partial charge >= 0.3 is 0 Å². The first-order valence-corrected chi connectivity index (χ1v) is 5.63. The Morgan fingerprint density at radius 2 is 1.83 bits per heavy atom. The number of carbonyl (C=O) groups is 1. The van der Waals surface area contributed by atoms with Crippen LogP contribution in [0.3, 0.4) is 0 Å². The van der Waals surface area contributed by atoms with Crippen molar-refractivity contribution in [2.24, 2.45) is 0 Å². The van der Waals surface area contributed by atoms with Gasteiger partial charge < -0.3 is 5.11 Å². The van der Waals surface area contributed by atoms with Crippen molar-refractivity contribution in [2.75, 3.05) is 0 Å². The Morgan fingerprint density at radius 1 is 1.17 bits per heavy atom. The van der Waals surface area contributed by atoms with Crippen molar-refractivity contribution in [3.05, 3.63) is 53.6 Å². The van der Waals surface area contributed by atoms with Crippen LogP contribution < -0.4 is 0 Å². The van der Waals surface area contributed by atoms with Crippen LogP contribution in [0.15, 0.2) is 42.5 Å². The number of aromatic hydroxyl groups is 1. The molecule has 0 aliphatic heterocycles. The largest absolute Gasteiger partial charge is 0.508 e. The molecular weight excluding hydrogens is 246 g/mol. The summed E-state index contributed by atoms with van der Waals surface area (Å²) in [6.07, 6.45) is 0. The monoisotopic (exact) mass is 255 g/mol. The van der Waals surface area contributed by atoms with Crippen LogP contribution in [0.25, 0.3) is 11.1 Å². The van der Waals surface area contributed by atoms with Crippen LogP contribution in [-0.2, 0) is 0 Å². The maximum Gasteiger partial charge on any atom is 0.216 e. The summed E-state index contributed by atoms with van der Waals surface area (Å²) in [7, 11) is 0.